The fourth-order valence-corrected chi connectivity index (χ4v) is 3.72. The van der Waals surface area contributed by atoms with Crippen LogP contribution in [0.4, 0.5) is 0 Å². The minimum atomic E-state index is 0.710. The van der Waals surface area contributed by atoms with E-state index in [0.29, 0.717) is 5.02 Å². The van der Waals surface area contributed by atoms with E-state index in [1.807, 2.05) is 30.3 Å². The second-order valence-corrected chi connectivity index (χ2v) is 6.78. The van der Waals surface area contributed by atoms with Gasteiger partial charge in [0.1, 0.15) is 11.5 Å². The van der Waals surface area contributed by atoms with E-state index in [-0.39, 0.29) is 0 Å². The molecule has 1 heterocycles. The number of nitrogens with zero attached hydrogens (tertiary/aromatic N) is 1. The summed E-state index contributed by atoms with van der Waals surface area (Å²) in [5.74, 6) is 1.64. The number of halogens is 1. The van der Waals surface area contributed by atoms with Crippen molar-refractivity contribution in [1.29, 1.82) is 0 Å². The summed E-state index contributed by atoms with van der Waals surface area (Å²) in [4.78, 5) is 5.97. The molecule has 2 aromatic carbocycles. The molecule has 0 saturated heterocycles. The van der Waals surface area contributed by atoms with E-state index in [2.05, 4.69) is 24.0 Å². The summed E-state index contributed by atoms with van der Waals surface area (Å²) in [5.41, 5.74) is 3.67. The molecule has 0 bridgehead atoms. The van der Waals surface area contributed by atoms with E-state index < -0.39 is 0 Å². The van der Waals surface area contributed by atoms with E-state index >= 15 is 0 Å². The van der Waals surface area contributed by atoms with Gasteiger partial charge in [0.15, 0.2) is 0 Å². The third kappa shape index (κ3) is 2.33. The lowest BCUT2D eigenvalue weighted by Crippen LogP contribution is -1.87. The van der Waals surface area contributed by atoms with Gasteiger partial charge in [-0.3, -0.25) is 0 Å². The zero-order chi connectivity index (χ0) is 14.4. The Balaban J connectivity index is 1.64. The van der Waals surface area contributed by atoms with E-state index in [0.717, 1.165) is 28.6 Å². The van der Waals surface area contributed by atoms with E-state index in [9.17, 15) is 0 Å². The molecule has 104 valence electrons. The SMILES string of the molecule is Cc1nc2c(s1)Cc1cc(Oc3ccc(Cl)cc3)ccc1-2. The third-order valence-corrected chi connectivity index (χ3v) is 4.76. The van der Waals surface area contributed by atoms with Crippen LogP contribution in [0.15, 0.2) is 42.5 Å². The van der Waals surface area contributed by atoms with Crippen molar-refractivity contribution in [1.82, 2.24) is 4.98 Å². The summed E-state index contributed by atoms with van der Waals surface area (Å²) >= 11 is 7.66. The Bertz CT molecular complexity index is 823. The topological polar surface area (TPSA) is 22.1 Å². The van der Waals surface area contributed by atoms with Gasteiger partial charge in [-0.1, -0.05) is 11.6 Å². The van der Waals surface area contributed by atoms with Gasteiger partial charge in [-0.05, 0) is 55.0 Å². The normalized spacial score (nSPS) is 12.1. The van der Waals surface area contributed by atoms with Gasteiger partial charge in [0, 0.05) is 21.9 Å². The average molecular weight is 314 g/mol. The summed E-state index contributed by atoms with van der Waals surface area (Å²) in [5, 5.41) is 1.84. The summed E-state index contributed by atoms with van der Waals surface area (Å²) in [6, 6.07) is 13.6. The Morgan fingerprint density at radius 2 is 1.86 bits per heavy atom. The quantitative estimate of drug-likeness (QED) is 0.489. The van der Waals surface area contributed by atoms with Crippen molar-refractivity contribution in [2.24, 2.45) is 0 Å². The van der Waals surface area contributed by atoms with E-state index in [1.54, 1.807) is 11.3 Å². The summed E-state index contributed by atoms with van der Waals surface area (Å²) in [6.45, 7) is 2.06. The first-order valence-corrected chi connectivity index (χ1v) is 7.91. The van der Waals surface area contributed by atoms with Gasteiger partial charge in [0.2, 0.25) is 0 Å². The van der Waals surface area contributed by atoms with Crippen LogP contribution in [-0.2, 0) is 6.42 Å². The van der Waals surface area contributed by atoms with Gasteiger partial charge >= 0.3 is 0 Å². The molecule has 0 radical (unpaired) electrons. The number of thiazole rings is 1. The molecule has 0 unspecified atom stereocenters. The van der Waals surface area contributed by atoms with Crippen LogP contribution in [0, 0.1) is 6.92 Å². The number of hydrogen-bond acceptors (Lipinski definition) is 3. The van der Waals surface area contributed by atoms with Crippen LogP contribution in [0.1, 0.15) is 15.4 Å². The van der Waals surface area contributed by atoms with Crippen molar-refractivity contribution in [3.63, 3.8) is 0 Å². The second kappa shape index (κ2) is 4.86. The fourth-order valence-electron chi connectivity index (χ4n) is 2.62. The Hall–Kier alpha value is -1.84. The number of benzene rings is 2. The first kappa shape index (κ1) is 12.9. The van der Waals surface area contributed by atoms with E-state index in [4.69, 9.17) is 16.3 Å². The maximum absolute atomic E-state index is 5.88. The van der Waals surface area contributed by atoms with Gasteiger partial charge < -0.3 is 4.74 Å². The molecule has 0 amide bonds. The van der Waals surface area contributed by atoms with Crippen molar-refractivity contribution < 1.29 is 4.74 Å². The Morgan fingerprint density at radius 3 is 2.67 bits per heavy atom. The number of fused-ring (bicyclic) bond motifs is 3. The van der Waals surface area contributed by atoms with Crippen LogP contribution >= 0.6 is 22.9 Å². The van der Waals surface area contributed by atoms with Crippen molar-refractivity contribution in [3.8, 4) is 22.8 Å². The molecule has 4 rings (SSSR count). The number of ether oxygens (including phenoxy) is 1. The Kier molecular flexibility index (Phi) is 2.98. The molecule has 0 aliphatic heterocycles. The Labute approximate surface area is 132 Å². The molecule has 4 heteroatoms. The smallest absolute Gasteiger partial charge is 0.127 e. The highest BCUT2D eigenvalue weighted by molar-refractivity contribution is 7.12. The molecule has 0 fully saturated rings. The highest BCUT2D eigenvalue weighted by atomic mass is 35.5. The molecule has 0 spiro atoms. The van der Waals surface area contributed by atoms with Crippen LogP contribution in [-0.4, -0.2) is 4.98 Å². The monoisotopic (exact) mass is 313 g/mol. The Morgan fingerprint density at radius 1 is 1.10 bits per heavy atom. The van der Waals surface area contributed by atoms with Crippen molar-refractivity contribution in [2.75, 3.05) is 0 Å². The van der Waals surface area contributed by atoms with Gasteiger partial charge in [-0.25, -0.2) is 4.98 Å². The number of rotatable bonds is 2. The van der Waals surface area contributed by atoms with Crippen LogP contribution in [0.2, 0.25) is 5.02 Å². The molecule has 1 aliphatic rings. The summed E-state index contributed by atoms with van der Waals surface area (Å²) < 4.78 is 5.88. The molecule has 0 N–H and O–H groups in total. The lowest BCUT2D eigenvalue weighted by Gasteiger charge is -2.08. The minimum absolute atomic E-state index is 0.710. The maximum atomic E-state index is 5.88. The van der Waals surface area contributed by atoms with Gasteiger partial charge in [-0.15, -0.1) is 11.3 Å². The largest absolute Gasteiger partial charge is 0.457 e. The van der Waals surface area contributed by atoms with Crippen LogP contribution in [0.25, 0.3) is 11.3 Å². The predicted molar refractivity (Wildman–Crippen MR) is 86.6 cm³/mol. The lowest BCUT2D eigenvalue weighted by molar-refractivity contribution is 0.482. The molecular weight excluding hydrogens is 302 g/mol. The lowest BCUT2D eigenvalue weighted by atomic mass is 10.1. The molecule has 21 heavy (non-hydrogen) atoms. The first-order valence-electron chi connectivity index (χ1n) is 6.72. The number of aryl methyl sites for hydroxylation is 1. The van der Waals surface area contributed by atoms with Crippen LogP contribution in [0.5, 0.6) is 11.5 Å². The van der Waals surface area contributed by atoms with Crippen molar-refractivity contribution in [3.05, 3.63) is 62.9 Å². The minimum Gasteiger partial charge on any atom is -0.457 e. The number of hydrogen-bond donors (Lipinski definition) is 0. The van der Waals surface area contributed by atoms with Gasteiger partial charge in [-0.2, -0.15) is 0 Å². The van der Waals surface area contributed by atoms with Crippen LogP contribution in [0.3, 0.4) is 0 Å². The molecule has 1 aromatic heterocycles. The molecule has 0 saturated carbocycles. The second-order valence-electron chi connectivity index (χ2n) is 5.06. The molecule has 0 atom stereocenters. The fraction of sp³-hybridized carbons (Fsp3) is 0.118. The van der Waals surface area contributed by atoms with E-state index in [1.165, 1.54) is 16.0 Å². The van der Waals surface area contributed by atoms with Crippen molar-refractivity contribution >= 4 is 22.9 Å². The highest BCUT2D eigenvalue weighted by Crippen LogP contribution is 2.41. The molecule has 2 nitrogen and oxygen atoms in total. The van der Waals surface area contributed by atoms with Crippen molar-refractivity contribution in [2.45, 2.75) is 13.3 Å². The third-order valence-electron chi connectivity index (χ3n) is 3.54. The first-order chi connectivity index (χ1) is 10.2. The predicted octanol–water partition coefficient (Wildman–Crippen LogP) is 5.47. The molecule has 1 aliphatic carbocycles. The van der Waals surface area contributed by atoms with Gasteiger partial charge in [0.25, 0.3) is 0 Å². The molecule has 3 aromatic rings. The highest BCUT2D eigenvalue weighted by Gasteiger charge is 2.22. The zero-order valence-corrected chi connectivity index (χ0v) is 13.0. The molecular formula is C17H12ClNOS. The summed E-state index contributed by atoms with van der Waals surface area (Å²) in [6.07, 6.45) is 0.952. The summed E-state index contributed by atoms with van der Waals surface area (Å²) in [7, 11) is 0. The van der Waals surface area contributed by atoms with Crippen LogP contribution < -0.4 is 4.74 Å². The maximum Gasteiger partial charge on any atom is 0.127 e. The number of aromatic nitrogens is 1. The zero-order valence-electron chi connectivity index (χ0n) is 11.4. The standard InChI is InChI=1S/C17H12ClNOS/c1-10-19-17-15-7-6-14(8-11(15)9-16(17)21-10)20-13-4-2-12(18)3-5-13/h2-8H,9H2,1H3. The average Bonchev–Trinajstić information content (AvgIpc) is 2.97. The van der Waals surface area contributed by atoms with Gasteiger partial charge in [0.05, 0.1) is 10.7 Å².